The first kappa shape index (κ1) is 15.4. The first-order valence-electron chi connectivity index (χ1n) is 5.50. The normalized spacial score (nSPS) is 11.2. The molecule has 0 aliphatic heterocycles. The molecule has 0 aromatic heterocycles. The molecule has 0 spiro atoms. The fourth-order valence-electron chi connectivity index (χ4n) is 1.06. The molecule has 0 aliphatic carbocycles. The predicted molar refractivity (Wildman–Crippen MR) is 66.6 cm³/mol. The number of carboxylic acid groups (broad SMARTS) is 1. The van der Waals surface area contributed by atoms with E-state index in [0.29, 0.717) is 18.7 Å². The fourth-order valence-corrected chi connectivity index (χ4v) is 1.06. The lowest BCUT2D eigenvalue weighted by molar-refractivity contribution is -0.138. The topological polar surface area (TPSA) is 110 Å². The lowest BCUT2D eigenvalue weighted by atomic mass is 10.1. The lowest BCUT2D eigenvalue weighted by Gasteiger charge is -2.03. The molecule has 17 heavy (non-hydrogen) atoms. The molecule has 0 saturated carbocycles. The SMILES string of the molecule is NCCCC[C@H](N)C(=O)O.Oc1ccccc1. The van der Waals surface area contributed by atoms with E-state index in [2.05, 4.69) is 0 Å². The summed E-state index contributed by atoms with van der Waals surface area (Å²) in [6, 6.07) is 8.00. The Hall–Kier alpha value is -1.59. The van der Waals surface area contributed by atoms with Gasteiger partial charge in [-0.3, -0.25) is 4.79 Å². The second kappa shape index (κ2) is 9.62. The van der Waals surface area contributed by atoms with E-state index in [0.717, 1.165) is 12.8 Å². The van der Waals surface area contributed by atoms with Gasteiger partial charge in [0.25, 0.3) is 0 Å². The van der Waals surface area contributed by atoms with Crippen LogP contribution in [0.2, 0.25) is 0 Å². The summed E-state index contributed by atoms with van der Waals surface area (Å²) in [6.07, 6.45) is 2.16. The minimum Gasteiger partial charge on any atom is -0.508 e. The highest BCUT2D eigenvalue weighted by atomic mass is 16.4. The molecule has 5 nitrogen and oxygen atoms in total. The highest BCUT2D eigenvalue weighted by Crippen LogP contribution is 2.02. The molecule has 0 amide bonds. The van der Waals surface area contributed by atoms with Crippen LogP contribution < -0.4 is 11.5 Å². The summed E-state index contributed by atoms with van der Waals surface area (Å²) in [5.41, 5.74) is 10.4. The van der Waals surface area contributed by atoms with Gasteiger partial charge in [0, 0.05) is 0 Å². The molecule has 96 valence electrons. The van der Waals surface area contributed by atoms with E-state index >= 15 is 0 Å². The average molecular weight is 240 g/mol. The molecule has 0 saturated heterocycles. The van der Waals surface area contributed by atoms with Crippen LogP contribution >= 0.6 is 0 Å². The zero-order valence-electron chi connectivity index (χ0n) is 9.75. The Morgan fingerprint density at radius 2 is 1.82 bits per heavy atom. The molecule has 0 fully saturated rings. The van der Waals surface area contributed by atoms with Gasteiger partial charge in [-0.05, 0) is 31.5 Å². The van der Waals surface area contributed by atoms with Crippen molar-refractivity contribution in [3.05, 3.63) is 30.3 Å². The quantitative estimate of drug-likeness (QED) is 0.572. The van der Waals surface area contributed by atoms with Crippen molar-refractivity contribution in [2.75, 3.05) is 6.54 Å². The Labute approximate surface area is 101 Å². The number of unbranched alkanes of at least 4 members (excludes halogenated alkanes) is 1. The van der Waals surface area contributed by atoms with E-state index in [4.69, 9.17) is 21.7 Å². The van der Waals surface area contributed by atoms with Crippen molar-refractivity contribution in [1.29, 1.82) is 0 Å². The molecule has 0 unspecified atom stereocenters. The lowest BCUT2D eigenvalue weighted by Crippen LogP contribution is -2.29. The van der Waals surface area contributed by atoms with Gasteiger partial charge in [0.1, 0.15) is 11.8 Å². The van der Waals surface area contributed by atoms with Crippen molar-refractivity contribution in [2.45, 2.75) is 25.3 Å². The standard InChI is InChI=1S/C6H14N2O2.C6H6O/c7-4-2-1-3-5(8)6(9)10;7-6-4-2-1-3-5-6/h5H,1-4,7-8H2,(H,9,10);1-5,7H/t5-;/m0./s1. The van der Waals surface area contributed by atoms with Gasteiger partial charge in [0.2, 0.25) is 0 Å². The second-order valence-corrected chi connectivity index (χ2v) is 3.56. The minimum atomic E-state index is -0.933. The van der Waals surface area contributed by atoms with Gasteiger partial charge in [0.15, 0.2) is 0 Å². The number of nitrogens with two attached hydrogens (primary N) is 2. The molecule has 1 aromatic rings. The largest absolute Gasteiger partial charge is 0.508 e. The molecule has 6 N–H and O–H groups in total. The van der Waals surface area contributed by atoms with Gasteiger partial charge < -0.3 is 21.7 Å². The van der Waals surface area contributed by atoms with Crippen LogP contribution in [0.3, 0.4) is 0 Å². The van der Waals surface area contributed by atoms with E-state index < -0.39 is 12.0 Å². The molecule has 0 radical (unpaired) electrons. The molecule has 0 aliphatic rings. The predicted octanol–water partition coefficient (Wildman–Crippen LogP) is 0.920. The number of carbonyl (C=O) groups is 1. The Morgan fingerprint density at radius 1 is 1.24 bits per heavy atom. The van der Waals surface area contributed by atoms with Gasteiger partial charge in [0.05, 0.1) is 0 Å². The summed E-state index contributed by atoms with van der Waals surface area (Å²) in [7, 11) is 0. The van der Waals surface area contributed by atoms with Crippen molar-refractivity contribution in [1.82, 2.24) is 0 Å². The monoisotopic (exact) mass is 240 g/mol. The summed E-state index contributed by atoms with van der Waals surface area (Å²) in [5, 5.41) is 17.0. The zero-order chi connectivity index (χ0) is 13.1. The number of aromatic hydroxyl groups is 1. The maximum atomic E-state index is 10.1. The average Bonchev–Trinajstić information content (AvgIpc) is 2.31. The van der Waals surface area contributed by atoms with Crippen LogP contribution in [0.5, 0.6) is 5.75 Å². The molecular weight excluding hydrogens is 220 g/mol. The van der Waals surface area contributed by atoms with Crippen molar-refractivity contribution >= 4 is 5.97 Å². The summed E-state index contributed by atoms with van der Waals surface area (Å²) in [6.45, 7) is 0.604. The first-order valence-corrected chi connectivity index (χ1v) is 5.50. The van der Waals surface area contributed by atoms with Crippen molar-refractivity contribution in [2.24, 2.45) is 11.5 Å². The second-order valence-electron chi connectivity index (χ2n) is 3.56. The van der Waals surface area contributed by atoms with Crippen molar-refractivity contribution in [3.63, 3.8) is 0 Å². The van der Waals surface area contributed by atoms with Gasteiger partial charge in [-0.2, -0.15) is 0 Å². The smallest absolute Gasteiger partial charge is 0.320 e. The van der Waals surface area contributed by atoms with E-state index in [-0.39, 0.29) is 0 Å². The Kier molecular flexibility index (Phi) is 8.72. The highest BCUT2D eigenvalue weighted by Gasteiger charge is 2.09. The molecule has 5 heteroatoms. The third-order valence-electron chi connectivity index (χ3n) is 2.04. The number of hydrogen-bond acceptors (Lipinski definition) is 4. The third kappa shape index (κ3) is 9.35. The fraction of sp³-hybridized carbons (Fsp3) is 0.417. The van der Waals surface area contributed by atoms with Gasteiger partial charge >= 0.3 is 5.97 Å². The number of benzene rings is 1. The highest BCUT2D eigenvalue weighted by molar-refractivity contribution is 5.72. The summed E-state index contributed by atoms with van der Waals surface area (Å²) < 4.78 is 0. The van der Waals surface area contributed by atoms with Crippen molar-refractivity contribution in [3.8, 4) is 5.75 Å². The Balaban J connectivity index is 0.000000318. The Bertz CT molecular complexity index is 304. The molecule has 0 bridgehead atoms. The van der Waals surface area contributed by atoms with Gasteiger partial charge in [-0.1, -0.05) is 24.6 Å². The van der Waals surface area contributed by atoms with Crippen LogP contribution in [0.1, 0.15) is 19.3 Å². The molecular formula is C12H20N2O3. The van der Waals surface area contributed by atoms with Gasteiger partial charge in [-0.15, -0.1) is 0 Å². The van der Waals surface area contributed by atoms with E-state index in [1.54, 1.807) is 24.3 Å². The molecule has 1 atom stereocenters. The maximum absolute atomic E-state index is 10.1. The number of hydrogen-bond donors (Lipinski definition) is 4. The van der Waals surface area contributed by atoms with Crippen LogP contribution in [0.25, 0.3) is 0 Å². The summed E-state index contributed by atoms with van der Waals surface area (Å²) >= 11 is 0. The van der Waals surface area contributed by atoms with E-state index in [9.17, 15) is 4.79 Å². The van der Waals surface area contributed by atoms with Crippen LogP contribution in [-0.2, 0) is 4.79 Å². The van der Waals surface area contributed by atoms with Crippen molar-refractivity contribution < 1.29 is 15.0 Å². The van der Waals surface area contributed by atoms with Gasteiger partial charge in [-0.25, -0.2) is 0 Å². The molecule has 1 aromatic carbocycles. The van der Waals surface area contributed by atoms with Crippen LogP contribution in [0, 0.1) is 0 Å². The number of phenols is 1. The number of rotatable bonds is 5. The van der Waals surface area contributed by atoms with E-state index in [1.165, 1.54) is 0 Å². The van der Waals surface area contributed by atoms with Crippen LogP contribution in [0.4, 0.5) is 0 Å². The van der Waals surface area contributed by atoms with E-state index in [1.807, 2.05) is 6.07 Å². The molecule has 0 heterocycles. The minimum absolute atomic E-state index is 0.322. The first-order chi connectivity index (χ1) is 8.07. The number of aliphatic carboxylic acids is 1. The van der Waals surface area contributed by atoms with Crippen LogP contribution in [-0.4, -0.2) is 28.8 Å². The number of phenolic OH excluding ortho intramolecular Hbond substituents is 1. The Morgan fingerprint density at radius 3 is 2.18 bits per heavy atom. The number of carboxylic acids is 1. The van der Waals surface area contributed by atoms with Crippen LogP contribution in [0.15, 0.2) is 30.3 Å². The maximum Gasteiger partial charge on any atom is 0.320 e. The number of para-hydroxylation sites is 1. The molecule has 1 rings (SSSR count). The summed E-state index contributed by atoms with van der Waals surface area (Å²) in [5.74, 6) is -0.612. The summed E-state index contributed by atoms with van der Waals surface area (Å²) in [4.78, 5) is 10.1. The zero-order valence-corrected chi connectivity index (χ0v) is 9.75. The third-order valence-corrected chi connectivity index (χ3v) is 2.04.